The maximum Gasteiger partial charge on any atom is 0.243 e. The molecule has 2 unspecified atom stereocenters. The predicted molar refractivity (Wildman–Crippen MR) is 83.0 cm³/mol. The Balaban J connectivity index is 1.64. The first-order chi connectivity index (χ1) is 10.1. The molecule has 3 rings (SSSR count). The van der Waals surface area contributed by atoms with Gasteiger partial charge in [-0.05, 0) is 56.4 Å². The largest absolute Gasteiger partial charge is 0.338 e. The monoisotopic (exact) mass is 291 g/mol. The second kappa shape index (κ2) is 6.07. The van der Waals surface area contributed by atoms with E-state index in [0.717, 1.165) is 30.6 Å². The fraction of sp³-hybridized carbons (Fsp3) is 0.882. The SMILES string of the molecule is CCC1CCNC(c2nc(C3CCC(C)(C)CC3)no2)C1. The van der Waals surface area contributed by atoms with Crippen LogP contribution in [0.3, 0.4) is 0 Å². The van der Waals surface area contributed by atoms with Crippen molar-refractivity contribution in [3.05, 3.63) is 11.7 Å². The Kier molecular flexibility index (Phi) is 4.34. The molecule has 0 radical (unpaired) electrons. The quantitative estimate of drug-likeness (QED) is 0.906. The number of rotatable bonds is 3. The Morgan fingerprint density at radius 3 is 2.71 bits per heavy atom. The van der Waals surface area contributed by atoms with Gasteiger partial charge in [0, 0.05) is 5.92 Å². The fourth-order valence-electron chi connectivity index (χ4n) is 3.77. The molecule has 1 aromatic rings. The van der Waals surface area contributed by atoms with E-state index >= 15 is 0 Å². The highest BCUT2D eigenvalue weighted by Gasteiger charge is 2.32. The Morgan fingerprint density at radius 1 is 1.24 bits per heavy atom. The zero-order chi connectivity index (χ0) is 14.9. The molecule has 0 aromatic carbocycles. The summed E-state index contributed by atoms with van der Waals surface area (Å²) in [5.41, 5.74) is 0.488. The van der Waals surface area contributed by atoms with Gasteiger partial charge >= 0.3 is 0 Å². The standard InChI is InChI=1S/C17H29N3O/c1-4-12-7-10-18-14(11-12)16-19-15(20-21-16)13-5-8-17(2,3)9-6-13/h12-14,18H,4-11H2,1-3H3. The van der Waals surface area contributed by atoms with Gasteiger partial charge in [0.1, 0.15) is 0 Å². The fourth-order valence-corrected chi connectivity index (χ4v) is 3.77. The summed E-state index contributed by atoms with van der Waals surface area (Å²) in [6.07, 6.45) is 8.57. The van der Waals surface area contributed by atoms with Gasteiger partial charge in [-0.2, -0.15) is 4.98 Å². The normalized spacial score (nSPS) is 30.4. The lowest BCUT2D eigenvalue weighted by molar-refractivity contribution is 0.217. The van der Waals surface area contributed by atoms with E-state index in [2.05, 4.69) is 31.2 Å². The molecular formula is C17H29N3O. The van der Waals surface area contributed by atoms with Gasteiger partial charge in [-0.15, -0.1) is 0 Å². The van der Waals surface area contributed by atoms with E-state index in [4.69, 9.17) is 9.51 Å². The van der Waals surface area contributed by atoms with Crippen molar-refractivity contribution in [3.63, 3.8) is 0 Å². The molecule has 1 aliphatic carbocycles. The van der Waals surface area contributed by atoms with Crippen molar-refractivity contribution in [3.8, 4) is 0 Å². The summed E-state index contributed by atoms with van der Waals surface area (Å²) < 4.78 is 5.58. The topological polar surface area (TPSA) is 51.0 Å². The summed E-state index contributed by atoms with van der Waals surface area (Å²) in [7, 11) is 0. The third kappa shape index (κ3) is 3.47. The first-order valence-electron chi connectivity index (χ1n) is 8.64. The van der Waals surface area contributed by atoms with Crippen LogP contribution in [0.4, 0.5) is 0 Å². The second-order valence-corrected chi connectivity index (χ2v) is 7.73. The molecule has 1 saturated heterocycles. The van der Waals surface area contributed by atoms with E-state index in [0.29, 0.717) is 11.3 Å². The van der Waals surface area contributed by atoms with Crippen LogP contribution in [0.2, 0.25) is 0 Å². The van der Waals surface area contributed by atoms with E-state index in [1.165, 1.54) is 38.5 Å². The highest BCUT2D eigenvalue weighted by molar-refractivity contribution is 5.02. The summed E-state index contributed by atoms with van der Waals surface area (Å²) in [6.45, 7) is 8.07. The van der Waals surface area contributed by atoms with Gasteiger partial charge < -0.3 is 9.84 Å². The lowest BCUT2D eigenvalue weighted by Gasteiger charge is -2.32. The minimum absolute atomic E-state index is 0.269. The number of nitrogens with one attached hydrogen (secondary N) is 1. The third-order valence-electron chi connectivity index (χ3n) is 5.55. The summed E-state index contributed by atoms with van der Waals surface area (Å²) in [6, 6.07) is 0.269. The van der Waals surface area contributed by atoms with Gasteiger partial charge in [-0.1, -0.05) is 32.3 Å². The Hall–Kier alpha value is -0.900. The number of hydrogen-bond donors (Lipinski definition) is 1. The molecule has 4 heteroatoms. The maximum absolute atomic E-state index is 5.58. The molecule has 2 fully saturated rings. The van der Waals surface area contributed by atoms with Crippen molar-refractivity contribution in [1.29, 1.82) is 0 Å². The van der Waals surface area contributed by atoms with Gasteiger partial charge in [0.15, 0.2) is 5.82 Å². The molecule has 0 bridgehead atoms. The predicted octanol–water partition coefficient (Wildman–Crippen LogP) is 4.20. The minimum Gasteiger partial charge on any atom is -0.338 e. The van der Waals surface area contributed by atoms with Crippen LogP contribution in [0, 0.1) is 11.3 Å². The van der Waals surface area contributed by atoms with E-state index < -0.39 is 0 Å². The highest BCUT2D eigenvalue weighted by Crippen LogP contribution is 2.41. The Labute approximate surface area is 128 Å². The van der Waals surface area contributed by atoms with Crippen molar-refractivity contribution >= 4 is 0 Å². The minimum atomic E-state index is 0.269. The van der Waals surface area contributed by atoms with Gasteiger partial charge in [-0.25, -0.2) is 0 Å². The molecule has 2 atom stereocenters. The molecule has 2 aliphatic rings. The van der Waals surface area contributed by atoms with Crippen molar-refractivity contribution in [1.82, 2.24) is 15.5 Å². The lowest BCUT2D eigenvalue weighted by Crippen LogP contribution is -2.31. The summed E-state index contributed by atoms with van der Waals surface area (Å²) >= 11 is 0. The van der Waals surface area contributed by atoms with Gasteiger partial charge in [0.25, 0.3) is 0 Å². The van der Waals surface area contributed by atoms with Crippen molar-refractivity contribution in [2.75, 3.05) is 6.54 Å². The van der Waals surface area contributed by atoms with Crippen LogP contribution in [0.1, 0.15) is 89.4 Å². The zero-order valence-electron chi connectivity index (χ0n) is 13.7. The van der Waals surface area contributed by atoms with E-state index in [-0.39, 0.29) is 6.04 Å². The molecule has 4 nitrogen and oxygen atoms in total. The molecule has 0 amide bonds. The van der Waals surface area contributed by atoms with Crippen LogP contribution in [-0.2, 0) is 0 Å². The van der Waals surface area contributed by atoms with Crippen molar-refractivity contribution in [2.45, 2.75) is 77.7 Å². The number of nitrogens with zero attached hydrogens (tertiary/aromatic N) is 2. The van der Waals surface area contributed by atoms with Crippen LogP contribution in [-0.4, -0.2) is 16.7 Å². The van der Waals surface area contributed by atoms with Crippen LogP contribution in [0.5, 0.6) is 0 Å². The lowest BCUT2D eigenvalue weighted by atomic mass is 9.73. The molecule has 21 heavy (non-hydrogen) atoms. The number of aromatic nitrogens is 2. The van der Waals surface area contributed by atoms with Gasteiger partial charge in [-0.3, -0.25) is 0 Å². The molecule has 1 aliphatic heterocycles. The van der Waals surface area contributed by atoms with Crippen LogP contribution >= 0.6 is 0 Å². The van der Waals surface area contributed by atoms with Crippen molar-refractivity contribution in [2.24, 2.45) is 11.3 Å². The second-order valence-electron chi connectivity index (χ2n) is 7.73. The molecule has 1 N–H and O–H groups in total. The molecule has 1 aromatic heterocycles. The molecule has 0 spiro atoms. The first-order valence-corrected chi connectivity index (χ1v) is 8.64. The summed E-state index contributed by atoms with van der Waals surface area (Å²) in [4.78, 5) is 4.73. The van der Waals surface area contributed by atoms with E-state index in [1.807, 2.05) is 0 Å². The Morgan fingerprint density at radius 2 is 2.00 bits per heavy atom. The van der Waals surface area contributed by atoms with E-state index in [1.54, 1.807) is 0 Å². The average molecular weight is 291 g/mol. The van der Waals surface area contributed by atoms with Crippen LogP contribution < -0.4 is 5.32 Å². The highest BCUT2D eigenvalue weighted by atomic mass is 16.5. The average Bonchev–Trinajstić information content (AvgIpc) is 2.97. The third-order valence-corrected chi connectivity index (χ3v) is 5.55. The Bertz CT molecular complexity index is 458. The molecule has 2 heterocycles. The maximum atomic E-state index is 5.58. The molecule has 118 valence electrons. The zero-order valence-corrected chi connectivity index (χ0v) is 13.7. The van der Waals surface area contributed by atoms with E-state index in [9.17, 15) is 0 Å². The van der Waals surface area contributed by atoms with Gasteiger partial charge in [0.2, 0.25) is 5.89 Å². The van der Waals surface area contributed by atoms with Gasteiger partial charge in [0.05, 0.1) is 6.04 Å². The molecule has 1 saturated carbocycles. The molecular weight excluding hydrogens is 262 g/mol. The smallest absolute Gasteiger partial charge is 0.243 e. The number of hydrogen-bond acceptors (Lipinski definition) is 4. The number of piperidine rings is 1. The van der Waals surface area contributed by atoms with Crippen LogP contribution in [0.25, 0.3) is 0 Å². The summed E-state index contributed by atoms with van der Waals surface area (Å²) in [5, 5.41) is 7.82. The first kappa shape index (κ1) is 15.0. The van der Waals surface area contributed by atoms with Crippen LogP contribution in [0.15, 0.2) is 4.52 Å². The summed E-state index contributed by atoms with van der Waals surface area (Å²) in [5.74, 6) is 3.05. The van der Waals surface area contributed by atoms with Crippen molar-refractivity contribution < 1.29 is 4.52 Å².